The minimum atomic E-state index is -4.41. The summed E-state index contributed by atoms with van der Waals surface area (Å²) in [5.41, 5.74) is 1.18. The first kappa shape index (κ1) is 26.1. The van der Waals surface area contributed by atoms with Crippen LogP contribution >= 0.6 is 0 Å². The van der Waals surface area contributed by atoms with Crippen LogP contribution in [-0.4, -0.2) is 35.6 Å². The fourth-order valence-corrected chi connectivity index (χ4v) is 6.92. The van der Waals surface area contributed by atoms with Crippen LogP contribution < -0.4 is 18.5 Å². The Morgan fingerprint density at radius 1 is 1.03 bits per heavy atom. The van der Waals surface area contributed by atoms with Crippen LogP contribution in [0.15, 0.2) is 65.6 Å². The monoisotopic (exact) mass is 549 g/mol. The zero-order chi connectivity index (χ0) is 27.9. The number of methoxy groups -OCH3 is 3. The number of benzene rings is 3. The summed E-state index contributed by atoms with van der Waals surface area (Å²) >= 11 is 0. The van der Waals surface area contributed by atoms with E-state index in [1.807, 2.05) is 6.07 Å². The van der Waals surface area contributed by atoms with Crippen LogP contribution in [0.4, 0.5) is 10.1 Å². The fourth-order valence-electron chi connectivity index (χ4n) is 4.97. The molecule has 0 saturated carbocycles. The van der Waals surface area contributed by atoms with E-state index < -0.39 is 33.6 Å². The molecule has 200 valence electrons. The molecular weight excluding hydrogens is 525 g/mol. The molecular formula is C28H24FN3O6S. The highest BCUT2D eigenvalue weighted by molar-refractivity contribution is 7.96. The topological polar surface area (TPSA) is 122 Å². The maximum atomic E-state index is 14.7. The molecule has 11 heteroatoms. The number of nitrogens with one attached hydrogen (secondary N) is 1. The van der Waals surface area contributed by atoms with Gasteiger partial charge in [-0.1, -0.05) is 30.3 Å². The molecule has 0 radical (unpaired) electrons. The van der Waals surface area contributed by atoms with Crippen LogP contribution in [0, 0.1) is 28.5 Å². The summed E-state index contributed by atoms with van der Waals surface area (Å²) in [6.45, 7) is -0.292. The Balaban J connectivity index is 1.79. The molecule has 0 bridgehead atoms. The van der Waals surface area contributed by atoms with Crippen molar-refractivity contribution in [1.29, 1.82) is 10.7 Å². The number of nitrogens with zero attached hydrogens (tertiary/aromatic N) is 2. The summed E-state index contributed by atoms with van der Waals surface area (Å²) in [6, 6.07) is 17.7. The van der Waals surface area contributed by atoms with Crippen molar-refractivity contribution in [3.05, 3.63) is 88.1 Å². The number of fused-ring (bicyclic) bond motifs is 2. The zero-order valence-electron chi connectivity index (χ0n) is 21.3. The molecule has 1 N–H and O–H groups in total. The highest BCUT2D eigenvalue weighted by Crippen LogP contribution is 2.53. The summed E-state index contributed by atoms with van der Waals surface area (Å²) in [7, 11) is -0.134. The number of allylic oxidation sites excluding steroid dienone is 1. The van der Waals surface area contributed by atoms with Gasteiger partial charge in [-0.3, -0.25) is 9.71 Å². The van der Waals surface area contributed by atoms with Crippen LogP contribution in [0.2, 0.25) is 0 Å². The summed E-state index contributed by atoms with van der Waals surface area (Å²) in [4.78, 5) is -0.214. The van der Waals surface area contributed by atoms with E-state index in [0.717, 1.165) is 4.31 Å². The number of rotatable bonds is 6. The van der Waals surface area contributed by atoms with Crippen molar-refractivity contribution in [2.24, 2.45) is 5.92 Å². The van der Waals surface area contributed by atoms with Gasteiger partial charge in [-0.15, -0.1) is 0 Å². The van der Waals surface area contributed by atoms with Crippen LogP contribution in [-0.2, 0) is 21.3 Å². The van der Waals surface area contributed by atoms with Gasteiger partial charge >= 0.3 is 0 Å². The number of halogens is 1. The normalized spacial score (nSPS) is 19.4. The molecule has 0 aliphatic carbocycles. The van der Waals surface area contributed by atoms with Gasteiger partial charge < -0.3 is 18.9 Å². The third-order valence-corrected chi connectivity index (χ3v) is 8.68. The van der Waals surface area contributed by atoms with E-state index in [0.29, 0.717) is 11.1 Å². The summed E-state index contributed by atoms with van der Waals surface area (Å²) in [5, 5.41) is 18.6. The molecule has 5 rings (SSSR count). The second-order valence-electron chi connectivity index (χ2n) is 8.82. The number of ether oxygens (including phenoxy) is 4. The van der Waals surface area contributed by atoms with Crippen molar-refractivity contribution in [2.45, 2.75) is 12.5 Å². The Hall–Kier alpha value is -4.56. The molecule has 2 atom stereocenters. The SMILES string of the molecule is COc1cc([C@@H]2C3=C(OC(=N)C2C#N)c2ccccc2N(Cc2ccccc2F)S3(=O)=O)cc(OC)c1OC. The van der Waals surface area contributed by atoms with Crippen molar-refractivity contribution in [3.8, 4) is 23.3 Å². The molecule has 2 heterocycles. The van der Waals surface area contributed by atoms with E-state index in [2.05, 4.69) is 0 Å². The highest BCUT2D eigenvalue weighted by atomic mass is 32.2. The summed E-state index contributed by atoms with van der Waals surface area (Å²) < 4.78 is 66.7. The van der Waals surface area contributed by atoms with Crippen molar-refractivity contribution in [1.82, 2.24) is 0 Å². The van der Waals surface area contributed by atoms with E-state index in [-0.39, 0.29) is 45.7 Å². The molecule has 0 fully saturated rings. The Bertz CT molecular complexity index is 1640. The second kappa shape index (κ2) is 9.96. The molecule has 3 aromatic rings. The smallest absolute Gasteiger partial charge is 0.265 e. The van der Waals surface area contributed by atoms with Crippen LogP contribution in [0.1, 0.15) is 22.6 Å². The molecule has 2 aliphatic rings. The Morgan fingerprint density at radius 2 is 1.67 bits per heavy atom. The van der Waals surface area contributed by atoms with E-state index in [1.54, 1.807) is 42.5 Å². The van der Waals surface area contributed by atoms with E-state index in [1.165, 1.54) is 39.5 Å². The molecule has 0 saturated heterocycles. The van der Waals surface area contributed by atoms with Crippen LogP contribution in [0.25, 0.3) is 5.76 Å². The number of hydrogen-bond acceptors (Lipinski definition) is 8. The van der Waals surface area contributed by atoms with Crippen molar-refractivity contribution in [2.75, 3.05) is 25.6 Å². The number of hydrogen-bond donors (Lipinski definition) is 1. The minimum Gasteiger partial charge on any atom is -0.493 e. The number of sulfonamides is 1. The lowest BCUT2D eigenvalue weighted by molar-refractivity contribution is 0.323. The van der Waals surface area contributed by atoms with Gasteiger partial charge in [-0.25, -0.2) is 12.8 Å². The first-order chi connectivity index (χ1) is 18.8. The van der Waals surface area contributed by atoms with Gasteiger partial charge in [0.25, 0.3) is 10.0 Å². The average molecular weight is 550 g/mol. The van der Waals surface area contributed by atoms with Gasteiger partial charge in [-0.2, -0.15) is 5.26 Å². The van der Waals surface area contributed by atoms with Crippen molar-refractivity contribution < 1.29 is 31.8 Å². The number of nitriles is 1. The van der Waals surface area contributed by atoms with Gasteiger partial charge in [0.15, 0.2) is 17.3 Å². The molecule has 9 nitrogen and oxygen atoms in total. The Kier molecular flexibility index (Phi) is 6.66. The van der Waals surface area contributed by atoms with Gasteiger partial charge in [0.2, 0.25) is 11.6 Å². The first-order valence-electron chi connectivity index (χ1n) is 11.8. The maximum Gasteiger partial charge on any atom is 0.265 e. The van der Waals surface area contributed by atoms with Gasteiger partial charge in [0.05, 0.1) is 45.5 Å². The fraction of sp³-hybridized carbons (Fsp3) is 0.214. The molecule has 0 spiro atoms. The van der Waals surface area contributed by atoms with E-state index in [4.69, 9.17) is 24.4 Å². The van der Waals surface area contributed by atoms with E-state index in [9.17, 15) is 18.1 Å². The lowest BCUT2D eigenvalue weighted by atomic mass is 9.83. The summed E-state index contributed by atoms with van der Waals surface area (Å²) in [5.74, 6) is -2.67. The number of para-hydroxylation sites is 1. The minimum absolute atomic E-state index is 0.0503. The largest absolute Gasteiger partial charge is 0.493 e. The van der Waals surface area contributed by atoms with Crippen LogP contribution in [0.5, 0.6) is 17.2 Å². The van der Waals surface area contributed by atoms with Gasteiger partial charge in [-0.05, 0) is 35.9 Å². The second-order valence-corrected chi connectivity index (χ2v) is 10.7. The maximum absolute atomic E-state index is 14.7. The Labute approximate surface area is 225 Å². The van der Waals surface area contributed by atoms with E-state index >= 15 is 0 Å². The lowest BCUT2D eigenvalue weighted by Crippen LogP contribution is -2.42. The first-order valence-corrected chi connectivity index (χ1v) is 13.3. The molecule has 1 unspecified atom stereocenters. The molecule has 0 amide bonds. The molecule has 3 aromatic carbocycles. The Morgan fingerprint density at radius 3 is 2.28 bits per heavy atom. The molecule has 2 aliphatic heterocycles. The predicted molar refractivity (Wildman–Crippen MR) is 142 cm³/mol. The van der Waals surface area contributed by atoms with Crippen molar-refractivity contribution >= 4 is 27.4 Å². The zero-order valence-corrected chi connectivity index (χ0v) is 22.1. The third kappa shape index (κ3) is 4.13. The van der Waals surface area contributed by atoms with Crippen LogP contribution in [0.3, 0.4) is 0 Å². The lowest BCUT2D eigenvalue weighted by Gasteiger charge is -2.40. The van der Waals surface area contributed by atoms with Crippen molar-refractivity contribution in [3.63, 3.8) is 0 Å². The molecule has 0 aromatic heterocycles. The van der Waals surface area contributed by atoms with Gasteiger partial charge in [0.1, 0.15) is 16.6 Å². The highest BCUT2D eigenvalue weighted by Gasteiger charge is 2.50. The average Bonchev–Trinajstić information content (AvgIpc) is 2.94. The molecule has 39 heavy (non-hydrogen) atoms. The standard InChI is InChI=1S/C28H24FN3O6S/c1-35-22-12-17(13-23(36-2)26(22)37-3)24-19(14-30)28(31)38-25-18-9-5-7-11-21(18)32(39(33,34)27(24)25)15-16-8-4-6-10-20(16)29/h4-13,19,24,31H,15H2,1-3H3/t19?,24-/m0/s1. The van der Waals surface area contributed by atoms with Gasteiger partial charge in [0, 0.05) is 11.1 Å². The quantitative estimate of drug-likeness (QED) is 0.469. The summed E-state index contributed by atoms with van der Waals surface area (Å²) in [6.07, 6.45) is 0. The third-order valence-electron chi connectivity index (χ3n) is 6.78. The number of anilines is 1. The predicted octanol–water partition coefficient (Wildman–Crippen LogP) is 4.80.